The molecule has 1 aromatic carbocycles. The number of aryl methyl sites for hydroxylation is 1. The van der Waals surface area contributed by atoms with Crippen LogP contribution < -0.4 is 9.64 Å². The quantitative estimate of drug-likeness (QED) is 0.859. The van der Waals surface area contributed by atoms with Gasteiger partial charge in [-0.1, -0.05) is 13.0 Å². The molecule has 1 fully saturated rings. The molecule has 2 amide bonds. The smallest absolute Gasteiger partial charge is 0.268 e. The largest absolute Gasteiger partial charge is 0.478 e. The molecule has 0 radical (unpaired) electrons. The summed E-state index contributed by atoms with van der Waals surface area (Å²) >= 11 is 0. The van der Waals surface area contributed by atoms with E-state index < -0.39 is 6.10 Å². The molecular formula is C17H22N2O3. The highest BCUT2D eigenvalue weighted by Crippen LogP contribution is 2.35. The van der Waals surface area contributed by atoms with Gasteiger partial charge in [-0.05, 0) is 43.9 Å². The van der Waals surface area contributed by atoms with Gasteiger partial charge in [-0.2, -0.15) is 0 Å². The van der Waals surface area contributed by atoms with Gasteiger partial charge in [0.25, 0.3) is 5.91 Å². The van der Waals surface area contributed by atoms with Crippen molar-refractivity contribution in [2.75, 3.05) is 24.5 Å². The number of ether oxygens (including phenoxy) is 1. The minimum absolute atomic E-state index is 0.0232. The summed E-state index contributed by atoms with van der Waals surface area (Å²) in [5, 5.41) is 0. The van der Waals surface area contributed by atoms with Crippen molar-refractivity contribution in [1.82, 2.24) is 4.90 Å². The van der Waals surface area contributed by atoms with Gasteiger partial charge >= 0.3 is 0 Å². The summed E-state index contributed by atoms with van der Waals surface area (Å²) in [7, 11) is 0. The van der Waals surface area contributed by atoms with Gasteiger partial charge in [0.1, 0.15) is 12.3 Å². The van der Waals surface area contributed by atoms with Crippen LogP contribution in [0.5, 0.6) is 5.75 Å². The number of benzene rings is 1. The van der Waals surface area contributed by atoms with Crippen LogP contribution in [0.25, 0.3) is 0 Å². The predicted octanol–water partition coefficient (Wildman–Crippen LogP) is 2.12. The van der Waals surface area contributed by atoms with E-state index >= 15 is 0 Å². The molecule has 118 valence electrons. The van der Waals surface area contributed by atoms with Crippen molar-refractivity contribution in [2.45, 2.75) is 39.2 Å². The molecule has 2 aliphatic rings. The molecule has 0 N–H and O–H groups in total. The number of anilines is 1. The lowest BCUT2D eigenvalue weighted by Crippen LogP contribution is -2.50. The first-order valence-corrected chi connectivity index (χ1v) is 7.96. The number of rotatable bonds is 3. The van der Waals surface area contributed by atoms with Crippen LogP contribution in [0.15, 0.2) is 18.2 Å². The first kappa shape index (κ1) is 14.9. The first-order chi connectivity index (χ1) is 10.6. The average Bonchev–Trinajstić information content (AvgIpc) is 3.04. The molecule has 1 aromatic rings. The molecule has 1 atom stereocenters. The Hall–Kier alpha value is -2.04. The van der Waals surface area contributed by atoms with Crippen molar-refractivity contribution in [3.8, 4) is 5.75 Å². The fourth-order valence-electron chi connectivity index (χ4n) is 3.06. The molecule has 0 aromatic heterocycles. The number of fused-ring (bicyclic) bond motifs is 1. The summed E-state index contributed by atoms with van der Waals surface area (Å²) in [6.07, 6.45) is 2.20. The molecule has 1 saturated heterocycles. The Morgan fingerprint density at radius 1 is 1.32 bits per heavy atom. The average molecular weight is 302 g/mol. The maximum absolute atomic E-state index is 12.6. The van der Waals surface area contributed by atoms with Crippen LogP contribution in [0.4, 0.5) is 5.69 Å². The molecule has 5 heteroatoms. The number of carbonyl (C=O) groups is 2. The molecule has 2 aliphatic heterocycles. The molecule has 0 aliphatic carbocycles. The van der Waals surface area contributed by atoms with Crippen molar-refractivity contribution >= 4 is 17.5 Å². The molecule has 2 heterocycles. The lowest BCUT2D eigenvalue weighted by atomic mass is 10.1. The topological polar surface area (TPSA) is 49.9 Å². The predicted molar refractivity (Wildman–Crippen MR) is 84.1 cm³/mol. The summed E-state index contributed by atoms with van der Waals surface area (Å²) < 4.78 is 5.77. The summed E-state index contributed by atoms with van der Waals surface area (Å²) in [5.74, 6) is 0.592. The van der Waals surface area contributed by atoms with Crippen molar-refractivity contribution in [3.63, 3.8) is 0 Å². The number of amides is 2. The molecule has 0 unspecified atom stereocenters. The summed E-state index contributed by atoms with van der Waals surface area (Å²) in [6, 6.07) is 5.76. The van der Waals surface area contributed by atoms with Gasteiger partial charge in [0.15, 0.2) is 6.10 Å². The molecule has 22 heavy (non-hydrogen) atoms. The molecule has 0 saturated carbocycles. The van der Waals surface area contributed by atoms with Crippen molar-refractivity contribution in [2.24, 2.45) is 0 Å². The Labute approximate surface area is 130 Å². The van der Waals surface area contributed by atoms with Crippen LogP contribution in [0.2, 0.25) is 0 Å². The third kappa shape index (κ3) is 2.67. The van der Waals surface area contributed by atoms with E-state index in [1.165, 1.54) is 0 Å². The van der Waals surface area contributed by atoms with E-state index in [1.807, 2.05) is 36.9 Å². The van der Waals surface area contributed by atoms with Crippen molar-refractivity contribution in [1.29, 1.82) is 0 Å². The van der Waals surface area contributed by atoms with Gasteiger partial charge in [0.2, 0.25) is 5.91 Å². The lowest BCUT2D eigenvalue weighted by molar-refractivity contribution is -0.132. The van der Waals surface area contributed by atoms with E-state index in [4.69, 9.17) is 4.74 Å². The van der Waals surface area contributed by atoms with Crippen LogP contribution in [0.1, 0.15) is 31.7 Å². The Kier molecular flexibility index (Phi) is 4.05. The Balaban J connectivity index is 1.88. The third-order valence-electron chi connectivity index (χ3n) is 4.34. The number of nitrogens with zero attached hydrogens (tertiary/aromatic N) is 2. The van der Waals surface area contributed by atoms with Crippen LogP contribution >= 0.6 is 0 Å². The van der Waals surface area contributed by atoms with Gasteiger partial charge in [0.05, 0.1) is 5.69 Å². The van der Waals surface area contributed by atoms with Crippen LogP contribution in [0, 0.1) is 6.92 Å². The van der Waals surface area contributed by atoms with Gasteiger partial charge in [0, 0.05) is 13.1 Å². The van der Waals surface area contributed by atoms with Gasteiger partial charge in [-0.3, -0.25) is 14.5 Å². The number of hydrogen-bond acceptors (Lipinski definition) is 3. The van der Waals surface area contributed by atoms with Crippen molar-refractivity contribution in [3.05, 3.63) is 23.8 Å². The normalized spacial score (nSPS) is 20.8. The molecule has 5 nitrogen and oxygen atoms in total. The molecule has 0 bridgehead atoms. The Morgan fingerprint density at radius 3 is 2.73 bits per heavy atom. The number of hydrogen-bond donors (Lipinski definition) is 0. The van der Waals surface area contributed by atoms with Crippen molar-refractivity contribution < 1.29 is 14.3 Å². The molecular weight excluding hydrogens is 280 g/mol. The highest BCUT2D eigenvalue weighted by atomic mass is 16.5. The van der Waals surface area contributed by atoms with Crippen LogP contribution in [-0.2, 0) is 9.59 Å². The minimum Gasteiger partial charge on any atom is -0.478 e. The van der Waals surface area contributed by atoms with Gasteiger partial charge in [-0.15, -0.1) is 0 Å². The summed E-state index contributed by atoms with van der Waals surface area (Å²) in [4.78, 5) is 28.5. The van der Waals surface area contributed by atoms with Gasteiger partial charge < -0.3 is 9.64 Å². The lowest BCUT2D eigenvalue weighted by Gasteiger charge is -2.34. The van der Waals surface area contributed by atoms with E-state index in [1.54, 1.807) is 4.90 Å². The second kappa shape index (κ2) is 5.99. The Bertz CT molecular complexity index is 594. The zero-order chi connectivity index (χ0) is 15.7. The zero-order valence-electron chi connectivity index (χ0n) is 13.2. The van der Waals surface area contributed by atoms with E-state index in [2.05, 4.69) is 0 Å². The van der Waals surface area contributed by atoms with Crippen LogP contribution in [0.3, 0.4) is 0 Å². The number of likely N-dealkylation sites (tertiary alicyclic amines) is 1. The van der Waals surface area contributed by atoms with E-state index in [0.29, 0.717) is 17.9 Å². The minimum atomic E-state index is -0.499. The van der Waals surface area contributed by atoms with Crippen LogP contribution in [-0.4, -0.2) is 42.5 Å². The highest BCUT2D eigenvalue weighted by Gasteiger charge is 2.35. The van der Waals surface area contributed by atoms with E-state index in [-0.39, 0.29) is 18.4 Å². The fraction of sp³-hybridized carbons (Fsp3) is 0.529. The second-order valence-corrected chi connectivity index (χ2v) is 6.00. The standard InChI is InChI=1S/C17H22N2O3/c1-3-14-17(21)19(11-16(20)18-8-4-5-9-18)13-10-12(2)6-7-15(13)22-14/h6-7,10,14H,3-5,8-9,11H2,1-2H3/t14-/m0/s1. The third-order valence-corrected chi connectivity index (χ3v) is 4.34. The monoisotopic (exact) mass is 302 g/mol. The maximum Gasteiger partial charge on any atom is 0.268 e. The summed E-state index contributed by atoms with van der Waals surface area (Å²) in [5.41, 5.74) is 1.76. The van der Waals surface area contributed by atoms with Gasteiger partial charge in [-0.25, -0.2) is 0 Å². The summed E-state index contributed by atoms with van der Waals surface area (Å²) in [6.45, 7) is 5.60. The Morgan fingerprint density at radius 2 is 2.05 bits per heavy atom. The number of carbonyl (C=O) groups excluding carboxylic acids is 2. The molecule has 3 rings (SSSR count). The van der Waals surface area contributed by atoms with E-state index in [9.17, 15) is 9.59 Å². The van der Waals surface area contributed by atoms with E-state index in [0.717, 1.165) is 31.5 Å². The highest BCUT2D eigenvalue weighted by molar-refractivity contribution is 6.03. The zero-order valence-corrected chi connectivity index (χ0v) is 13.2. The maximum atomic E-state index is 12.6. The first-order valence-electron chi connectivity index (χ1n) is 7.96. The fourth-order valence-corrected chi connectivity index (χ4v) is 3.06. The molecule has 0 spiro atoms. The second-order valence-electron chi connectivity index (χ2n) is 6.00. The SMILES string of the molecule is CC[C@@H]1Oc2ccc(C)cc2N(CC(=O)N2CCCC2)C1=O.